The van der Waals surface area contributed by atoms with Crippen molar-refractivity contribution in [3.05, 3.63) is 60.2 Å². The molecule has 29 heavy (non-hydrogen) atoms. The highest BCUT2D eigenvalue weighted by Gasteiger charge is 2.46. The minimum atomic E-state index is -0.735. The van der Waals surface area contributed by atoms with Gasteiger partial charge >= 0.3 is 0 Å². The fourth-order valence-electron chi connectivity index (χ4n) is 3.74. The summed E-state index contributed by atoms with van der Waals surface area (Å²) in [5.74, 6) is 0.0193. The van der Waals surface area contributed by atoms with Crippen molar-refractivity contribution in [3.8, 4) is 5.75 Å². The van der Waals surface area contributed by atoms with Crippen molar-refractivity contribution in [2.24, 2.45) is 5.92 Å². The van der Waals surface area contributed by atoms with Crippen molar-refractivity contribution >= 4 is 23.4 Å². The van der Waals surface area contributed by atoms with E-state index in [0.29, 0.717) is 24.4 Å². The number of ether oxygens (including phenoxy) is 1. The highest BCUT2D eigenvalue weighted by atomic mass is 16.5. The van der Waals surface area contributed by atoms with Gasteiger partial charge in [-0.25, -0.2) is 4.90 Å². The van der Waals surface area contributed by atoms with Crippen molar-refractivity contribution in [2.75, 3.05) is 18.6 Å². The molecule has 1 saturated carbocycles. The Kier molecular flexibility index (Phi) is 5.34. The topological polar surface area (TPSA) is 66.9 Å². The van der Waals surface area contributed by atoms with Gasteiger partial charge in [0, 0.05) is 12.5 Å². The van der Waals surface area contributed by atoms with Gasteiger partial charge in [-0.15, -0.1) is 0 Å². The van der Waals surface area contributed by atoms with Crippen LogP contribution < -0.4 is 9.64 Å². The van der Waals surface area contributed by atoms with Gasteiger partial charge in [-0.3, -0.25) is 14.4 Å². The van der Waals surface area contributed by atoms with E-state index in [1.54, 1.807) is 36.3 Å². The van der Waals surface area contributed by atoms with Crippen LogP contribution in [0.5, 0.6) is 5.75 Å². The molecule has 0 aromatic heterocycles. The summed E-state index contributed by atoms with van der Waals surface area (Å²) in [6.45, 7) is 0.430. The zero-order valence-electron chi connectivity index (χ0n) is 16.4. The summed E-state index contributed by atoms with van der Waals surface area (Å²) in [5.41, 5.74) is 1.61. The number of carbonyl (C=O) groups excluding carboxylic acids is 3. The molecule has 0 N–H and O–H groups in total. The predicted octanol–water partition coefficient (Wildman–Crippen LogP) is 2.81. The Labute approximate surface area is 170 Å². The first kappa shape index (κ1) is 19.2. The van der Waals surface area contributed by atoms with Gasteiger partial charge in [0.05, 0.1) is 19.2 Å². The van der Waals surface area contributed by atoms with Gasteiger partial charge in [0.15, 0.2) is 0 Å². The van der Waals surface area contributed by atoms with Gasteiger partial charge in [-0.05, 0) is 49.1 Å². The van der Waals surface area contributed by atoms with Gasteiger partial charge < -0.3 is 9.64 Å². The molecule has 1 saturated heterocycles. The molecule has 2 aromatic carbocycles. The van der Waals surface area contributed by atoms with Crippen LogP contribution in [0, 0.1) is 5.92 Å². The van der Waals surface area contributed by atoms with Crippen LogP contribution in [0.1, 0.15) is 24.8 Å². The highest BCUT2D eigenvalue weighted by Crippen LogP contribution is 2.34. The van der Waals surface area contributed by atoms with E-state index in [0.717, 1.165) is 18.4 Å². The zero-order chi connectivity index (χ0) is 20.4. The van der Waals surface area contributed by atoms with Gasteiger partial charge in [-0.2, -0.15) is 0 Å². The average Bonchev–Trinajstić information content (AvgIpc) is 3.55. The van der Waals surface area contributed by atoms with E-state index in [1.807, 2.05) is 30.3 Å². The Balaban J connectivity index is 1.54. The lowest BCUT2D eigenvalue weighted by atomic mass is 10.1. The number of hydrogen-bond donors (Lipinski definition) is 0. The minimum absolute atomic E-state index is 0.0105. The molecule has 150 valence electrons. The third-order valence-corrected chi connectivity index (χ3v) is 5.52. The summed E-state index contributed by atoms with van der Waals surface area (Å²) < 4.78 is 5.14. The van der Waals surface area contributed by atoms with E-state index in [9.17, 15) is 14.4 Å². The standard InChI is InChI=1S/C23H24N2O4/c1-29-19-11-9-18(10-12-19)25-21(26)15-20(23(25)28)24(22(27)17-7-8-17)14-13-16-5-3-2-4-6-16/h2-6,9-12,17,20H,7-8,13-15H2,1H3. The smallest absolute Gasteiger partial charge is 0.257 e. The number of amides is 3. The number of methoxy groups -OCH3 is 1. The summed E-state index contributed by atoms with van der Waals surface area (Å²) >= 11 is 0. The van der Waals surface area contributed by atoms with Gasteiger partial charge in [0.2, 0.25) is 11.8 Å². The Hall–Kier alpha value is -3.15. The SMILES string of the molecule is COc1ccc(N2C(=O)CC(N(CCc3ccccc3)C(=O)C3CC3)C2=O)cc1. The summed E-state index contributed by atoms with van der Waals surface area (Å²) in [5, 5.41) is 0. The number of benzene rings is 2. The van der Waals surface area contributed by atoms with E-state index in [-0.39, 0.29) is 30.1 Å². The molecule has 2 fully saturated rings. The number of hydrogen-bond acceptors (Lipinski definition) is 4. The average molecular weight is 392 g/mol. The summed E-state index contributed by atoms with van der Waals surface area (Å²) in [6, 6.07) is 15.9. The molecule has 2 aliphatic rings. The van der Waals surface area contributed by atoms with Crippen LogP contribution in [0.4, 0.5) is 5.69 Å². The molecule has 1 heterocycles. The molecule has 6 heteroatoms. The third kappa shape index (κ3) is 4.01. The Bertz CT molecular complexity index is 906. The predicted molar refractivity (Wildman–Crippen MR) is 108 cm³/mol. The van der Waals surface area contributed by atoms with Crippen molar-refractivity contribution in [2.45, 2.75) is 31.7 Å². The van der Waals surface area contributed by atoms with Crippen LogP contribution in [0.25, 0.3) is 0 Å². The molecule has 0 bridgehead atoms. The number of carbonyl (C=O) groups is 3. The van der Waals surface area contributed by atoms with Gasteiger partial charge in [-0.1, -0.05) is 30.3 Å². The Morgan fingerprint density at radius 1 is 1.07 bits per heavy atom. The van der Waals surface area contributed by atoms with E-state index in [1.165, 1.54) is 4.90 Å². The fourth-order valence-corrected chi connectivity index (χ4v) is 3.74. The Morgan fingerprint density at radius 2 is 1.76 bits per heavy atom. The van der Waals surface area contributed by atoms with E-state index >= 15 is 0 Å². The highest BCUT2D eigenvalue weighted by molar-refractivity contribution is 6.23. The molecule has 2 aromatic rings. The lowest BCUT2D eigenvalue weighted by Crippen LogP contribution is -2.47. The molecule has 6 nitrogen and oxygen atoms in total. The molecular weight excluding hydrogens is 368 g/mol. The largest absolute Gasteiger partial charge is 0.497 e. The molecule has 4 rings (SSSR count). The van der Waals surface area contributed by atoms with Crippen molar-refractivity contribution in [1.29, 1.82) is 0 Å². The van der Waals surface area contributed by atoms with Crippen LogP contribution in [-0.4, -0.2) is 42.3 Å². The summed E-state index contributed by atoms with van der Waals surface area (Å²) in [7, 11) is 1.56. The maximum atomic E-state index is 13.2. The number of anilines is 1. The van der Waals surface area contributed by atoms with E-state index < -0.39 is 6.04 Å². The Morgan fingerprint density at radius 3 is 2.38 bits per heavy atom. The van der Waals surface area contributed by atoms with Crippen LogP contribution >= 0.6 is 0 Å². The second-order valence-electron chi connectivity index (χ2n) is 7.53. The first-order valence-corrected chi connectivity index (χ1v) is 9.93. The first-order chi connectivity index (χ1) is 14.1. The van der Waals surface area contributed by atoms with Crippen LogP contribution in [0.3, 0.4) is 0 Å². The first-order valence-electron chi connectivity index (χ1n) is 9.93. The van der Waals surface area contributed by atoms with Crippen LogP contribution in [0.15, 0.2) is 54.6 Å². The normalized spacial score (nSPS) is 18.8. The maximum absolute atomic E-state index is 13.2. The van der Waals surface area contributed by atoms with E-state index in [2.05, 4.69) is 0 Å². The lowest BCUT2D eigenvalue weighted by Gasteiger charge is -2.28. The molecular formula is C23H24N2O4. The van der Waals surface area contributed by atoms with Crippen LogP contribution in [-0.2, 0) is 20.8 Å². The van der Waals surface area contributed by atoms with Gasteiger partial charge in [0.1, 0.15) is 11.8 Å². The lowest BCUT2D eigenvalue weighted by molar-refractivity contribution is -0.139. The molecule has 1 aliphatic heterocycles. The fraction of sp³-hybridized carbons (Fsp3) is 0.348. The molecule has 1 atom stereocenters. The maximum Gasteiger partial charge on any atom is 0.257 e. The van der Waals surface area contributed by atoms with Crippen molar-refractivity contribution in [3.63, 3.8) is 0 Å². The minimum Gasteiger partial charge on any atom is -0.497 e. The monoisotopic (exact) mass is 392 g/mol. The van der Waals surface area contributed by atoms with Crippen molar-refractivity contribution in [1.82, 2.24) is 4.90 Å². The second-order valence-corrected chi connectivity index (χ2v) is 7.53. The van der Waals surface area contributed by atoms with E-state index in [4.69, 9.17) is 4.74 Å². The molecule has 0 radical (unpaired) electrons. The molecule has 0 spiro atoms. The van der Waals surface area contributed by atoms with Gasteiger partial charge in [0.25, 0.3) is 5.91 Å². The van der Waals surface area contributed by atoms with Crippen molar-refractivity contribution < 1.29 is 19.1 Å². The quantitative estimate of drug-likeness (QED) is 0.680. The molecule has 3 amide bonds. The zero-order valence-corrected chi connectivity index (χ0v) is 16.4. The second kappa shape index (κ2) is 8.07. The number of nitrogens with zero attached hydrogens (tertiary/aromatic N) is 2. The summed E-state index contributed by atoms with van der Waals surface area (Å²) in [6.07, 6.45) is 2.40. The number of rotatable bonds is 7. The molecule has 1 aliphatic carbocycles. The molecule has 1 unspecified atom stereocenters. The van der Waals surface area contributed by atoms with Crippen LogP contribution in [0.2, 0.25) is 0 Å². The third-order valence-electron chi connectivity index (χ3n) is 5.52. The summed E-state index contributed by atoms with van der Waals surface area (Å²) in [4.78, 5) is 41.6. The number of imide groups is 1.